The monoisotopic (exact) mass is 1840 g/mol. The Kier molecular flexibility index (Phi) is 18.3. The van der Waals surface area contributed by atoms with Crippen LogP contribution in [-0.4, -0.2) is 64.8 Å². The zero-order valence-corrected chi connectivity index (χ0v) is 76.8. The molecule has 16 heteroatoms. The van der Waals surface area contributed by atoms with Crippen molar-refractivity contribution in [3.63, 3.8) is 0 Å². The molecular formula is C128H75N13O3. The van der Waals surface area contributed by atoms with Crippen molar-refractivity contribution < 1.29 is 13.3 Å². The van der Waals surface area contributed by atoms with Gasteiger partial charge in [0.15, 0.2) is 52.4 Å². The number of pyridine rings is 4. The fraction of sp³-hybridized carbons (Fsp3) is 0.0234. The third kappa shape index (κ3) is 12.1. The Labute approximate surface area is 825 Å². The Balaban J connectivity index is 0.000000103. The van der Waals surface area contributed by atoms with Crippen molar-refractivity contribution in [3.8, 4) is 180 Å². The molecular weight excluding hydrogens is 1770 g/mol. The topological polar surface area (TPSA) is 207 Å². The Bertz CT molecular complexity index is 9360. The molecule has 3 spiro atoms. The third-order valence-electron chi connectivity index (χ3n) is 29.4. The summed E-state index contributed by atoms with van der Waals surface area (Å²) in [4.78, 5) is 62.6. The Morgan fingerprint density at radius 2 is 0.444 bits per heavy atom. The molecule has 16 nitrogen and oxygen atoms in total. The van der Waals surface area contributed by atoms with E-state index in [0.717, 1.165) is 150 Å². The molecule has 670 valence electrons. The van der Waals surface area contributed by atoms with Gasteiger partial charge in [-0.2, -0.15) is 0 Å². The largest absolute Gasteiger partial charge is 0.459 e. The van der Waals surface area contributed by atoms with Gasteiger partial charge in [0.05, 0.1) is 0 Å². The fourth-order valence-corrected chi connectivity index (χ4v) is 23.6. The molecule has 0 radical (unpaired) electrons. The van der Waals surface area contributed by atoms with E-state index in [4.69, 9.17) is 58.1 Å². The van der Waals surface area contributed by atoms with Gasteiger partial charge in [0, 0.05) is 138 Å². The fourth-order valence-electron chi connectivity index (χ4n) is 23.6. The summed E-state index contributed by atoms with van der Waals surface area (Å²) in [6.45, 7) is 0. The summed E-state index contributed by atoms with van der Waals surface area (Å²) < 4.78 is 20.8. The van der Waals surface area contributed by atoms with Crippen LogP contribution in [-0.2, 0) is 16.2 Å². The summed E-state index contributed by atoms with van der Waals surface area (Å²) in [5, 5.41) is 3.30. The Morgan fingerprint density at radius 3 is 0.903 bits per heavy atom. The van der Waals surface area contributed by atoms with E-state index in [1.165, 1.54) is 77.9 Å². The lowest BCUT2D eigenvalue weighted by Crippen LogP contribution is -2.25. The molecule has 0 N–H and O–H groups in total. The number of para-hydroxylation sites is 3. The van der Waals surface area contributed by atoms with E-state index in [1.54, 1.807) is 49.6 Å². The van der Waals surface area contributed by atoms with E-state index in [-0.39, 0.29) is 0 Å². The van der Waals surface area contributed by atoms with E-state index < -0.39 is 16.2 Å². The van der Waals surface area contributed by atoms with Crippen LogP contribution in [0.2, 0.25) is 0 Å². The predicted molar refractivity (Wildman–Crippen MR) is 563 cm³/mol. The summed E-state index contributed by atoms with van der Waals surface area (Å²) in [6.07, 6.45) is 14.1. The summed E-state index contributed by atoms with van der Waals surface area (Å²) in [5.41, 5.74) is 36.0. The minimum atomic E-state index is -0.630. The summed E-state index contributed by atoms with van der Waals surface area (Å²) in [7, 11) is 0. The lowest BCUT2D eigenvalue weighted by Gasteiger charge is -2.28. The number of aromatic nitrogens is 13. The smallest absolute Gasteiger partial charge is 0.165 e. The maximum Gasteiger partial charge on any atom is 0.165 e. The third-order valence-corrected chi connectivity index (χ3v) is 29.4. The number of hydrogen-bond donors (Lipinski definition) is 0. The molecule has 25 aromatic rings. The molecule has 15 aromatic carbocycles. The van der Waals surface area contributed by atoms with Crippen molar-refractivity contribution in [1.82, 2.24) is 64.8 Å². The number of hydrogen-bond acceptors (Lipinski definition) is 16. The molecule has 1 unspecified atom stereocenters. The first-order valence-electron chi connectivity index (χ1n) is 48.1. The van der Waals surface area contributed by atoms with E-state index in [1.807, 2.05) is 91.0 Å². The first-order valence-corrected chi connectivity index (χ1v) is 48.1. The van der Waals surface area contributed by atoms with Crippen molar-refractivity contribution in [3.05, 3.63) is 523 Å². The van der Waals surface area contributed by atoms with Gasteiger partial charge in [0.1, 0.15) is 50.3 Å². The average Bonchev–Trinajstić information content (AvgIpc) is 1.52. The lowest BCUT2D eigenvalue weighted by molar-refractivity contribution is 0.506. The van der Waals surface area contributed by atoms with Crippen LogP contribution in [0.1, 0.15) is 67.4 Å². The molecule has 31 rings (SSSR count). The SMILES string of the molecule is c1ccc(-c2cccc(-c3nc(-c4ccccc4)nc(-c4cccc5c4-c4ccccc4C54c5ccccc5-c5c4oc4ccccc54)n3)c2)cc1.c1ccc2c(c1)-c1ccccc1C21c2ccc(-c3nc(-c4ccncc4)nc(-c4ccncc4)n3)cc2-c2c1oc1ccccc21.c1cncc(-c2nc(-c3cccnc3)nc(-c3cccc4c3-c3c(oc5ccccc35)C43c4ccccc4-c4ccccc43)n2)c1. The standard InChI is InChI=1S/C48H29N3O.2C40H23N5O/c1-3-15-30(16-4-1)32-19-13-20-33(29-32)46-49-45(31-17-5-2-6-18-31)50-47(51-46)37-24-14-27-40-42(37)34-21-7-10-25-38(34)48(40)39-26-11-8-22-35(39)43-36-23-9-12-28-41(36)52-44(43)48;1-4-16-30-26(12-1)27-13-2-5-17-31(27)40(30)32-18-7-15-29(34(32)35-28-14-3-6-19-33(28)46-36(35)40)39-44-37(24-10-8-20-41-22-24)43-38(45-39)25-11-9-21-42-23-25;1-4-10-31-27(7-1)28-8-2-5-11-32(28)40(31)33-14-13-26(23-30(33)35-29-9-3-6-12-34(29)46-36(35)40)39-44-37(24-15-19-41-20-16-24)43-38(45-39)25-17-21-42-22-18-25/h1-29H;2*1-23H. The van der Waals surface area contributed by atoms with Crippen LogP contribution < -0.4 is 0 Å². The molecule has 0 amide bonds. The summed E-state index contributed by atoms with van der Waals surface area (Å²) in [6, 6.07) is 142. The van der Waals surface area contributed by atoms with Gasteiger partial charge in [-0.1, -0.05) is 328 Å². The van der Waals surface area contributed by atoms with E-state index in [2.05, 4.69) is 335 Å². The quantitative estimate of drug-likeness (QED) is 0.125. The average molecular weight is 1840 g/mol. The predicted octanol–water partition coefficient (Wildman–Crippen LogP) is 29.1. The maximum atomic E-state index is 6.95. The minimum Gasteiger partial charge on any atom is -0.459 e. The zero-order chi connectivity index (χ0) is 94.7. The molecule has 0 saturated carbocycles. The molecule has 10 heterocycles. The van der Waals surface area contributed by atoms with Gasteiger partial charge in [-0.3, -0.25) is 19.9 Å². The van der Waals surface area contributed by atoms with Crippen molar-refractivity contribution in [1.29, 1.82) is 0 Å². The summed E-state index contributed by atoms with van der Waals surface area (Å²) >= 11 is 0. The second-order valence-corrected chi connectivity index (χ2v) is 36.8. The first-order chi connectivity index (χ1) is 71.4. The van der Waals surface area contributed by atoms with Crippen molar-refractivity contribution in [2.45, 2.75) is 16.2 Å². The van der Waals surface area contributed by atoms with E-state index in [9.17, 15) is 0 Å². The zero-order valence-electron chi connectivity index (χ0n) is 76.8. The Hall–Kier alpha value is -19.4. The first kappa shape index (κ1) is 81.7. The van der Waals surface area contributed by atoms with Gasteiger partial charge in [-0.05, 0) is 185 Å². The van der Waals surface area contributed by atoms with Gasteiger partial charge >= 0.3 is 0 Å². The highest BCUT2D eigenvalue weighted by Gasteiger charge is 2.59. The highest BCUT2D eigenvalue weighted by atomic mass is 16.3. The van der Waals surface area contributed by atoms with Gasteiger partial charge in [0.2, 0.25) is 0 Å². The number of rotatable bonds is 10. The molecule has 10 aromatic heterocycles. The molecule has 0 aliphatic heterocycles. The van der Waals surface area contributed by atoms with E-state index in [0.29, 0.717) is 52.4 Å². The Morgan fingerprint density at radius 1 is 0.153 bits per heavy atom. The molecule has 0 saturated heterocycles. The normalized spacial score (nSPS) is 14.0. The van der Waals surface area contributed by atoms with E-state index >= 15 is 0 Å². The highest BCUT2D eigenvalue weighted by Crippen LogP contribution is 2.70. The van der Waals surface area contributed by atoms with Gasteiger partial charge in [-0.15, -0.1) is 0 Å². The maximum absolute atomic E-state index is 6.95. The van der Waals surface area contributed by atoms with Crippen LogP contribution >= 0.6 is 0 Å². The van der Waals surface area contributed by atoms with Crippen LogP contribution in [0.15, 0.2) is 469 Å². The molecule has 0 bridgehead atoms. The van der Waals surface area contributed by atoms with Crippen LogP contribution in [0.3, 0.4) is 0 Å². The summed E-state index contributed by atoms with van der Waals surface area (Å²) in [5.74, 6) is 8.22. The van der Waals surface area contributed by atoms with Gasteiger partial charge in [-0.25, -0.2) is 44.9 Å². The second-order valence-electron chi connectivity index (χ2n) is 36.8. The van der Waals surface area contributed by atoms with Crippen molar-refractivity contribution >= 4 is 32.9 Å². The van der Waals surface area contributed by atoms with Crippen LogP contribution in [0.4, 0.5) is 0 Å². The molecule has 6 aliphatic carbocycles. The van der Waals surface area contributed by atoms with Gasteiger partial charge in [0.25, 0.3) is 0 Å². The molecule has 1 atom stereocenters. The van der Waals surface area contributed by atoms with Crippen LogP contribution in [0.5, 0.6) is 0 Å². The number of furan rings is 3. The second kappa shape index (κ2) is 32.3. The number of nitrogens with zero attached hydrogens (tertiary/aromatic N) is 13. The molecule has 6 aliphatic rings. The number of fused-ring (bicyclic) bond motifs is 36. The van der Waals surface area contributed by atoms with Crippen molar-refractivity contribution in [2.24, 2.45) is 0 Å². The van der Waals surface area contributed by atoms with Crippen molar-refractivity contribution in [2.75, 3.05) is 0 Å². The molecule has 0 fully saturated rings. The molecule has 144 heavy (non-hydrogen) atoms. The highest BCUT2D eigenvalue weighted by molar-refractivity contribution is 6.11. The number of benzene rings is 15. The minimum absolute atomic E-state index is 0.552. The lowest BCUT2D eigenvalue weighted by atomic mass is 9.73. The van der Waals surface area contributed by atoms with Crippen LogP contribution in [0, 0.1) is 0 Å². The van der Waals surface area contributed by atoms with Gasteiger partial charge < -0.3 is 13.3 Å². The van der Waals surface area contributed by atoms with Crippen LogP contribution in [0.25, 0.3) is 213 Å².